The molecule has 0 unspecified atom stereocenters. The van der Waals surface area contributed by atoms with Crippen LogP contribution in [0.15, 0.2) is 54.7 Å². The number of ether oxygens (including phenoxy) is 2. The summed E-state index contributed by atoms with van der Waals surface area (Å²) >= 11 is 6.00. The molecule has 0 saturated carbocycles. The summed E-state index contributed by atoms with van der Waals surface area (Å²) in [6, 6.07) is 14.3. The van der Waals surface area contributed by atoms with Gasteiger partial charge in [-0.05, 0) is 49.7 Å². The lowest BCUT2D eigenvalue weighted by Gasteiger charge is -2.12. The number of aromatic nitrogens is 2. The first kappa shape index (κ1) is 20.4. The van der Waals surface area contributed by atoms with Crippen molar-refractivity contribution in [2.75, 3.05) is 18.5 Å². The second kappa shape index (κ2) is 9.25. The van der Waals surface area contributed by atoms with Crippen molar-refractivity contribution in [2.24, 2.45) is 0 Å². The minimum Gasteiger partial charge on any atom is -0.484 e. The van der Waals surface area contributed by atoms with E-state index in [1.807, 2.05) is 37.3 Å². The maximum Gasteiger partial charge on any atom is 0.343 e. The summed E-state index contributed by atoms with van der Waals surface area (Å²) in [6.45, 7) is 3.52. The fraction of sp³-hybridized carbons (Fsp3) is 0.190. The second-order valence-corrected chi connectivity index (χ2v) is 6.53. The van der Waals surface area contributed by atoms with Crippen molar-refractivity contribution in [1.82, 2.24) is 9.78 Å². The quantitative estimate of drug-likeness (QED) is 0.591. The Morgan fingerprint density at radius 3 is 2.62 bits per heavy atom. The molecule has 0 spiro atoms. The monoisotopic (exact) mass is 413 g/mol. The molecule has 0 bridgehead atoms. The van der Waals surface area contributed by atoms with Gasteiger partial charge in [-0.3, -0.25) is 4.79 Å². The minimum atomic E-state index is -0.570. The molecule has 0 aliphatic carbocycles. The Bertz CT molecular complexity index is 1020. The molecule has 0 atom stereocenters. The van der Waals surface area contributed by atoms with Gasteiger partial charge < -0.3 is 14.8 Å². The van der Waals surface area contributed by atoms with Crippen LogP contribution in [0, 0.1) is 6.92 Å². The van der Waals surface area contributed by atoms with Crippen LogP contribution < -0.4 is 10.1 Å². The normalized spacial score (nSPS) is 10.4. The van der Waals surface area contributed by atoms with Crippen LogP contribution in [0.1, 0.15) is 22.8 Å². The van der Waals surface area contributed by atoms with Gasteiger partial charge >= 0.3 is 5.97 Å². The van der Waals surface area contributed by atoms with Crippen LogP contribution in [0.4, 0.5) is 5.82 Å². The molecule has 1 aromatic heterocycles. The predicted molar refractivity (Wildman–Crippen MR) is 110 cm³/mol. The molecule has 0 radical (unpaired) electrons. The van der Waals surface area contributed by atoms with Crippen molar-refractivity contribution >= 4 is 29.3 Å². The third-order valence-electron chi connectivity index (χ3n) is 4.02. The zero-order valence-electron chi connectivity index (χ0n) is 16.0. The number of nitrogens with one attached hydrogen (secondary N) is 1. The number of halogens is 1. The van der Waals surface area contributed by atoms with Crippen LogP contribution in [-0.2, 0) is 9.53 Å². The number of hydrogen-bond donors (Lipinski definition) is 1. The van der Waals surface area contributed by atoms with Gasteiger partial charge in [0.1, 0.15) is 11.3 Å². The van der Waals surface area contributed by atoms with Crippen molar-refractivity contribution < 1.29 is 19.1 Å². The van der Waals surface area contributed by atoms with Crippen molar-refractivity contribution in [2.45, 2.75) is 13.8 Å². The van der Waals surface area contributed by atoms with Gasteiger partial charge in [-0.25, -0.2) is 9.48 Å². The first-order valence-electron chi connectivity index (χ1n) is 8.99. The lowest BCUT2D eigenvalue weighted by Crippen LogP contribution is -2.23. The van der Waals surface area contributed by atoms with E-state index in [1.54, 1.807) is 25.1 Å². The summed E-state index contributed by atoms with van der Waals surface area (Å²) in [5.74, 6) is -0.278. The number of rotatable bonds is 7. The van der Waals surface area contributed by atoms with Gasteiger partial charge in [0, 0.05) is 5.02 Å². The van der Waals surface area contributed by atoms with Gasteiger partial charge in [0.25, 0.3) is 5.91 Å². The first-order chi connectivity index (χ1) is 14.0. The number of para-hydroxylation sites is 1. The molecule has 0 aliphatic heterocycles. The highest BCUT2D eigenvalue weighted by molar-refractivity contribution is 6.31. The Kier molecular flexibility index (Phi) is 6.51. The van der Waals surface area contributed by atoms with E-state index in [0.29, 0.717) is 16.5 Å². The molecule has 1 amide bonds. The number of carbonyl (C=O) groups excluding carboxylic acids is 2. The lowest BCUT2D eigenvalue weighted by molar-refractivity contribution is -0.118. The molecular formula is C21H20ClN3O4. The van der Waals surface area contributed by atoms with Crippen molar-refractivity contribution in [3.05, 3.63) is 70.9 Å². The maximum atomic E-state index is 12.5. The molecule has 0 fully saturated rings. The van der Waals surface area contributed by atoms with Crippen molar-refractivity contribution in [3.8, 4) is 11.4 Å². The molecule has 150 valence electrons. The molecular weight excluding hydrogens is 394 g/mol. The zero-order valence-corrected chi connectivity index (χ0v) is 16.8. The van der Waals surface area contributed by atoms with Crippen LogP contribution in [0.25, 0.3) is 5.69 Å². The molecule has 29 heavy (non-hydrogen) atoms. The fourth-order valence-corrected chi connectivity index (χ4v) is 2.73. The van der Waals surface area contributed by atoms with E-state index < -0.39 is 11.9 Å². The summed E-state index contributed by atoms with van der Waals surface area (Å²) in [6.07, 6.45) is 1.37. The van der Waals surface area contributed by atoms with Crippen LogP contribution in [0.3, 0.4) is 0 Å². The van der Waals surface area contributed by atoms with E-state index in [4.69, 9.17) is 21.1 Å². The van der Waals surface area contributed by atoms with Gasteiger partial charge in [0.05, 0.1) is 18.5 Å². The third-order valence-corrected chi connectivity index (χ3v) is 4.45. The average Bonchev–Trinajstić information content (AvgIpc) is 3.13. The molecule has 2 aromatic carbocycles. The zero-order chi connectivity index (χ0) is 20.8. The minimum absolute atomic E-state index is 0.159. The molecule has 8 heteroatoms. The average molecular weight is 414 g/mol. The number of carbonyl (C=O) groups is 2. The highest BCUT2D eigenvalue weighted by Gasteiger charge is 2.21. The summed E-state index contributed by atoms with van der Waals surface area (Å²) in [5, 5.41) is 7.55. The Labute approximate surface area is 173 Å². The summed E-state index contributed by atoms with van der Waals surface area (Å²) in [4.78, 5) is 24.8. The van der Waals surface area contributed by atoms with E-state index in [1.165, 1.54) is 10.9 Å². The van der Waals surface area contributed by atoms with Crippen molar-refractivity contribution in [1.29, 1.82) is 0 Å². The molecule has 0 saturated heterocycles. The standard InChI is InChI=1S/C21H20ClN3O4/c1-3-28-21(27)17-12-23-25(15-7-5-4-6-8-15)20(17)24-19(26)13-29-16-9-10-18(22)14(2)11-16/h4-12H,3,13H2,1-2H3,(H,24,26). The van der Waals surface area contributed by atoms with E-state index in [2.05, 4.69) is 10.4 Å². The number of esters is 1. The maximum absolute atomic E-state index is 12.5. The van der Waals surface area contributed by atoms with Gasteiger partial charge in [-0.2, -0.15) is 5.10 Å². The number of hydrogen-bond acceptors (Lipinski definition) is 5. The predicted octanol–water partition coefficient (Wildman–Crippen LogP) is 4.03. The number of amides is 1. The molecule has 1 N–H and O–H groups in total. The number of aryl methyl sites for hydroxylation is 1. The topological polar surface area (TPSA) is 82.5 Å². The number of benzene rings is 2. The Morgan fingerprint density at radius 1 is 1.17 bits per heavy atom. The van der Waals surface area contributed by atoms with Gasteiger partial charge in [0.15, 0.2) is 12.4 Å². The van der Waals surface area contributed by atoms with Crippen LogP contribution in [-0.4, -0.2) is 34.9 Å². The van der Waals surface area contributed by atoms with Gasteiger partial charge in [-0.1, -0.05) is 29.8 Å². The number of anilines is 1. The Morgan fingerprint density at radius 2 is 1.93 bits per heavy atom. The van der Waals surface area contributed by atoms with E-state index >= 15 is 0 Å². The van der Waals surface area contributed by atoms with Gasteiger partial charge in [-0.15, -0.1) is 0 Å². The van der Waals surface area contributed by atoms with E-state index in [0.717, 1.165) is 5.56 Å². The van der Waals surface area contributed by atoms with E-state index in [9.17, 15) is 9.59 Å². The third kappa shape index (κ3) is 4.94. The lowest BCUT2D eigenvalue weighted by atomic mass is 10.2. The smallest absolute Gasteiger partial charge is 0.343 e. The van der Waals surface area contributed by atoms with Crippen LogP contribution in [0.5, 0.6) is 5.75 Å². The first-order valence-corrected chi connectivity index (χ1v) is 9.36. The van der Waals surface area contributed by atoms with Crippen molar-refractivity contribution in [3.63, 3.8) is 0 Å². The van der Waals surface area contributed by atoms with E-state index in [-0.39, 0.29) is 24.6 Å². The summed E-state index contributed by atoms with van der Waals surface area (Å²) < 4.78 is 12.1. The van der Waals surface area contributed by atoms with Gasteiger partial charge in [0.2, 0.25) is 0 Å². The second-order valence-electron chi connectivity index (χ2n) is 6.12. The fourth-order valence-electron chi connectivity index (χ4n) is 2.62. The molecule has 1 heterocycles. The largest absolute Gasteiger partial charge is 0.484 e. The molecule has 7 nitrogen and oxygen atoms in total. The highest BCUT2D eigenvalue weighted by atomic mass is 35.5. The van der Waals surface area contributed by atoms with Crippen LogP contribution in [0.2, 0.25) is 5.02 Å². The molecule has 0 aliphatic rings. The highest BCUT2D eigenvalue weighted by Crippen LogP contribution is 2.23. The summed E-state index contributed by atoms with van der Waals surface area (Å²) in [7, 11) is 0. The summed E-state index contributed by atoms with van der Waals surface area (Å²) in [5.41, 5.74) is 1.69. The van der Waals surface area contributed by atoms with Crippen LogP contribution >= 0.6 is 11.6 Å². The molecule has 3 rings (SSSR count). The number of nitrogens with zero attached hydrogens (tertiary/aromatic N) is 2. The molecule has 3 aromatic rings. The SMILES string of the molecule is CCOC(=O)c1cnn(-c2ccccc2)c1NC(=O)COc1ccc(Cl)c(C)c1. The Hall–Kier alpha value is -3.32. The Balaban J connectivity index is 1.80.